The van der Waals surface area contributed by atoms with Crippen LogP contribution in [-0.2, 0) is 9.53 Å². The van der Waals surface area contributed by atoms with Gasteiger partial charge in [-0.15, -0.1) is 0 Å². The van der Waals surface area contributed by atoms with Crippen molar-refractivity contribution in [1.29, 1.82) is 0 Å². The predicted octanol–water partition coefficient (Wildman–Crippen LogP) is 1.66. The summed E-state index contributed by atoms with van der Waals surface area (Å²) < 4.78 is 5.01. The van der Waals surface area contributed by atoms with E-state index in [-0.39, 0.29) is 11.9 Å². The van der Waals surface area contributed by atoms with Gasteiger partial charge in [-0.2, -0.15) is 0 Å². The summed E-state index contributed by atoms with van der Waals surface area (Å²) in [6.45, 7) is 5.48. The molecule has 4 heteroatoms. The van der Waals surface area contributed by atoms with E-state index in [0.29, 0.717) is 6.61 Å². The molecule has 1 heterocycles. The van der Waals surface area contributed by atoms with Gasteiger partial charge in [0.1, 0.15) is 0 Å². The van der Waals surface area contributed by atoms with E-state index in [1.54, 1.807) is 0 Å². The van der Waals surface area contributed by atoms with Crippen LogP contribution in [0.4, 0.5) is 0 Å². The maximum atomic E-state index is 11.4. The van der Waals surface area contributed by atoms with Crippen molar-refractivity contribution in [1.82, 2.24) is 4.90 Å². The molecule has 0 aromatic rings. The molecule has 14 heavy (non-hydrogen) atoms. The number of rotatable bonds is 4. The topological polar surface area (TPSA) is 29.5 Å². The average molecular weight is 264 g/mol. The highest BCUT2D eigenvalue weighted by atomic mass is 79.9. The fraction of sp³-hybridized carbons (Fsp3) is 0.900. The number of halogens is 1. The lowest BCUT2D eigenvalue weighted by Gasteiger charge is -2.30. The summed E-state index contributed by atoms with van der Waals surface area (Å²) in [7, 11) is 0. The van der Waals surface area contributed by atoms with Crippen molar-refractivity contribution in [2.45, 2.75) is 19.8 Å². The Bertz CT molecular complexity index is 179. The molecule has 3 nitrogen and oxygen atoms in total. The molecule has 0 N–H and O–H groups in total. The first kappa shape index (κ1) is 12.0. The first-order chi connectivity index (χ1) is 6.77. The largest absolute Gasteiger partial charge is 0.466 e. The number of likely N-dealkylation sites (tertiary alicyclic amines) is 1. The smallest absolute Gasteiger partial charge is 0.309 e. The summed E-state index contributed by atoms with van der Waals surface area (Å²) in [5.74, 6) is 0.132. The van der Waals surface area contributed by atoms with Gasteiger partial charge in [0.05, 0.1) is 12.5 Å². The fourth-order valence-corrected chi connectivity index (χ4v) is 2.27. The highest BCUT2D eigenvalue weighted by molar-refractivity contribution is 9.09. The van der Waals surface area contributed by atoms with Gasteiger partial charge in [0.2, 0.25) is 0 Å². The van der Waals surface area contributed by atoms with Crippen LogP contribution >= 0.6 is 15.9 Å². The number of esters is 1. The quantitative estimate of drug-likeness (QED) is 0.571. The van der Waals surface area contributed by atoms with Gasteiger partial charge in [-0.3, -0.25) is 4.79 Å². The highest BCUT2D eigenvalue weighted by Crippen LogP contribution is 2.18. The number of carbonyl (C=O) groups is 1. The molecule has 1 saturated heterocycles. The van der Waals surface area contributed by atoms with Gasteiger partial charge in [-0.05, 0) is 32.9 Å². The Morgan fingerprint density at radius 1 is 1.50 bits per heavy atom. The molecule has 0 unspecified atom stereocenters. The van der Waals surface area contributed by atoms with Crippen LogP contribution in [0.25, 0.3) is 0 Å². The molecule has 0 bridgehead atoms. The molecule has 0 amide bonds. The molecule has 1 aliphatic rings. The number of alkyl halides is 1. The van der Waals surface area contributed by atoms with Crippen LogP contribution in [0.1, 0.15) is 19.8 Å². The lowest BCUT2D eigenvalue weighted by atomic mass is 9.97. The molecular formula is C10H18BrNO2. The summed E-state index contributed by atoms with van der Waals surface area (Å²) in [4.78, 5) is 13.8. The third-order valence-corrected chi connectivity index (χ3v) is 2.96. The number of hydrogen-bond donors (Lipinski definition) is 0. The molecule has 1 fully saturated rings. The van der Waals surface area contributed by atoms with Gasteiger partial charge >= 0.3 is 5.97 Å². The SMILES string of the molecule is CCOC(=O)C1CCN(CCBr)CC1. The van der Waals surface area contributed by atoms with Gasteiger partial charge in [-0.25, -0.2) is 0 Å². The molecule has 0 spiro atoms. The maximum absolute atomic E-state index is 11.4. The molecule has 0 aromatic heterocycles. The van der Waals surface area contributed by atoms with E-state index in [1.807, 2.05) is 6.92 Å². The van der Waals surface area contributed by atoms with Crippen LogP contribution in [0, 0.1) is 5.92 Å². The van der Waals surface area contributed by atoms with Crippen molar-refractivity contribution in [3.05, 3.63) is 0 Å². The van der Waals surface area contributed by atoms with Crippen molar-refractivity contribution in [2.75, 3.05) is 31.6 Å². The lowest BCUT2D eigenvalue weighted by molar-refractivity contribution is -0.149. The molecule has 0 saturated carbocycles. The second-order valence-corrected chi connectivity index (χ2v) is 4.35. The van der Waals surface area contributed by atoms with Crippen molar-refractivity contribution in [3.8, 4) is 0 Å². The van der Waals surface area contributed by atoms with Crippen molar-refractivity contribution in [3.63, 3.8) is 0 Å². The minimum atomic E-state index is -0.00834. The summed E-state index contributed by atoms with van der Waals surface area (Å²) in [5, 5.41) is 1.01. The number of hydrogen-bond acceptors (Lipinski definition) is 3. The second-order valence-electron chi connectivity index (χ2n) is 3.56. The Kier molecular flexibility index (Phi) is 5.48. The lowest BCUT2D eigenvalue weighted by Crippen LogP contribution is -2.37. The van der Waals surface area contributed by atoms with E-state index in [9.17, 15) is 4.79 Å². The first-order valence-electron chi connectivity index (χ1n) is 5.23. The van der Waals surface area contributed by atoms with Crippen LogP contribution in [0.5, 0.6) is 0 Å². The van der Waals surface area contributed by atoms with Crippen LogP contribution in [0.2, 0.25) is 0 Å². The van der Waals surface area contributed by atoms with Crippen LogP contribution in [0.15, 0.2) is 0 Å². The van der Waals surface area contributed by atoms with E-state index in [1.165, 1.54) is 0 Å². The Morgan fingerprint density at radius 2 is 2.14 bits per heavy atom. The van der Waals surface area contributed by atoms with E-state index < -0.39 is 0 Å². The van der Waals surface area contributed by atoms with Crippen LogP contribution < -0.4 is 0 Å². The molecule has 0 aromatic carbocycles. The van der Waals surface area contributed by atoms with E-state index in [0.717, 1.165) is 37.8 Å². The minimum Gasteiger partial charge on any atom is -0.466 e. The Hall–Kier alpha value is -0.0900. The minimum absolute atomic E-state index is 0.00834. The number of ether oxygens (including phenoxy) is 1. The zero-order valence-electron chi connectivity index (χ0n) is 8.67. The van der Waals surface area contributed by atoms with Gasteiger partial charge < -0.3 is 9.64 Å². The average Bonchev–Trinajstić information content (AvgIpc) is 2.20. The number of piperidine rings is 1. The Labute approximate surface area is 93.9 Å². The van der Waals surface area contributed by atoms with E-state index in [4.69, 9.17) is 4.74 Å². The van der Waals surface area contributed by atoms with E-state index >= 15 is 0 Å². The summed E-state index contributed by atoms with van der Waals surface area (Å²) in [5.41, 5.74) is 0. The van der Waals surface area contributed by atoms with Crippen molar-refractivity contribution >= 4 is 21.9 Å². The number of nitrogens with zero attached hydrogens (tertiary/aromatic N) is 1. The van der Waals surface area contributed by atoms with Crippen molar-refractivity contribution < 1.29 is 9.53 Å². The molecule has 0 atom stereocenters. The van der Waals surface area contributed by atoms with Crippen molar-refractivity contribution in [2.24, 2.45) is 5.92 Å². The second kappa shape index (κ2) is 6.40. The third kappa shape index (κ3) is 3.58. The summed E-state index contributed by atoms with van der Waals surface area (Å²) >= 11 is 3.42. The van der Waals surface area contributed by atoms with Gasteiger partial charge in [0, 0.05) is 11.9 Å². The monoisotopic (exact) mass is 263 g/mol. The molecule has 0 aliphatic carbocycles. The summed E-state index contributed by atoms with van der Waals surface area (Å²) in [6.07, 6.45) is 1.90. The maximum Gasteiger partial charge on any atom is 0.309 e. The Balaban J connectivity index is 2.24. The van der Waals surface area contributed by atoms with Gasteiger partial charge in [0.25, 0.3) is 0 Å². The Morgan fingerprint density at radius 3 is 2.64 bits per heavy atom. The zero-order valence-corrected chi connectivity index (χ0v) is 10.3. The van der Waals surface area contributed by atoms with Crippen LogP contribution in [0.3, 0.4) is 0 Å². The molecule has 0 radical (unpaired) electrons. The fourth-order valence-electron chi connectivity index (χ4n) is 1.77. The predicted molar refractivity (Wildman–Crippen MR) is 59.6 cm³/mol. The van der Waals surface area contributed by atoms with Gasteiger partial charge in [0.15, 0.2) is 0 Å². The number of carbonyl (C=O) groups excluding carboxylic acids is 1. The standard InChI is InChI=1S/C10H18BrNO2/c1-2-14-10(13)9-3-6-12(7-4-9)8-5-11/h9H,2-8H2,1H3. The summed E-state index contributed by atoms with van der Waals surface area (Å²) in [6, 6.07) is 0. The molecular weight excluding hydrogens is 246 g/mol. The molecule has 82 valence electrons. The molecule has 1 rings (SSSR count). The van der Waals surface area contributed by atoms with Gasteiger partial charge in [-0.1, -0.05) is 15.9 Å². The third-order valence-electron chi connectivity index (χ3n) is 2.61. The molecule has 1 aliphatic heterocycles. The van der Waals surface area contributed by atoms with Crippen LogP contribution in [-0.4, -0.2) is 42.4 Å². The normalized spacial score (nSPS) is 19.6. The van der Waals surface area contributed by atoms with E-state index in [2.05, 4.69) is 20.8 Å². The highest BCUT2D eigenvalue weighted by Gasteiger charge is 2.25. The zero-order chi connectivity index (χ0) is 10.4. The first-order valence-corrected chi connectivity index (χ1v) is 6.35.